The predicted molar refractivity (Wildman–Crippen MR) is 75.5 cm³/mol. The first-order valence-electron chi connectivity index (χ1n) is 6.30. The van der Waals surface area contributed by atoms with Crippen LogP contribution in [0.4, 0.5) is 0 Å². The monoisotopic (exact) mass is 304 g/mol. The smallest absolute Gasteiger partial charge is 0.355 e. The Balaban J connectivity index is 1.72. The highest BCUT2D eigenvalue weighted by Gasteiger charge is 2.52. The van der Waals surface area contributed by atoms with E-state index in [1.54, 1.807) is 0 Å². The van der Waals surface area contributed by atoms with Crippen LogP contribution in [0.2, 0.25) is 0 Å². The van der Waals surface area contributed by atoms with Crippen LogP contribution in [0, 0.1) is 0 Å². The van der Waals surface area contributed by atoms with Gasteiger partial charge in [0, 0.05) is 6.08 Å². The van der Waals surface area contributed by atoms with E-state index in [0.717, 1.165) is 23.4 Å². The molecule has 1 saturated heterocycles. The maximum Gasteiger partial charge on any atom is 0.355 e. The van der Waals surface area contributed by atoms with Crippen LogP contribution >= 0.6 is 11.8 Å². The van der Waals surface area contributed by atoms with Crippen molar-refractivity contribution in [1.29, 1.82) is 0 Å². The molecule has 0 radical (unpaired) electrons. The lowest BCUT2D eigenvalue weighted by atomic mass is 10.1. The Hall–Kier alpha value is -2.12. The molecule has 1 aromatic rings. The highest BCUT2D eigenvalue weighted by atomic mass is 32.2. The van der Waals surface area contributed by atoms with E-state index in [2.05, 4.69) is 0 Å². The molecule has 2 aliphatic heterocycles. The minimum absolute atomic E-state index is 0.0358. The number of nitrogens with two attached hydrogens (primary N) is 1. The van der Waals surface area contributed by atoms with Gasteiger partial charge >= 0.3 is 5.97 Å². The van der Waals surface area contributed by atoms with E-state index in [0.29, 0.717) is 0 Å². The van der Waals surface area contributed by atoms with Crippen LogP contribution in [0.5, 0.6) is 0 Å². The zero-order valence-electron chi connectivity index (χ0n) is 10.9. The summed E-state index contributed by atoms with van der Waals surface area (Å²) in [6.45, 7) is 0.0805. The molecule has 1 amide bonds. The number of esters is 1. The summed E-state index contributed by atoms with van der Waals surface area (Å²) >= 11 is 0.941. The number of carbonyl (C=O) groups is 3. The molecule has 7 heteroatoms. The lowest BCUT2D eigenvalue weighted by Gasteiger charge is -2.46. The molecular formula is C14H12N2O4S. The van der Waals surface area contributed by atoms with Crippen molar-refractivity contribution in [1.82, 2.24) is 4.90 Å². The van der Waals surface area contributed by atoms with E-state index in [-0.39, 0.29) is 23.3 Å². The van der Waals surface area contributed by atoms with E-state index in [1.165, 1.54) is 4.90 Å². The van der Waals surface area contributed by atoms with Crippen LogP contribution in [0.15, 0.2) is 42.1 Å². The summed E-state index contributed by atoms with van der Waals surface area (Å²) in [6, 6.07) is 8.41. The Bertz CT molecular complexity index is 644. The van der Waals surface area contributed by atoms with Crippen LogP contribution in [-0.4, -0.2) is 33.3 Å². The summed E-state index contributed by atoms with van der Waals surface area (Å²) in [5.41, 5.74) is 6.41. The summed E-state index contributed by atoms with van der Waals surface area (Å²) in [4.78, 5) is 36.6. The van der Waals surface area contributed by atoms with E-state index >= 15 is 0 Å². The summed E-state index contributed by atoms with van der Waals surface area (Å²) in [5.74, 6) is -1.07. The van der Waals surface area contributed by atoms with Gasteiger partial charge in [-0.2, -0.15) is 0 Å². The van der Waals surface area contributed by atoms with Gasteiger partial charge in [0.25, 0.3) is 0 Å². The number of β-lactam (4-membered cyclic amide) rings is 1. The quantitative estimate of drug-likeness (QED) is 0.641. The summed E-state index contributed by atoms with van der Waals surface area (Å²) in [7, 11) is 0. The second-order valence-electron chi connectivity index (χ2n) is 4.65. The molecule has 2 aliphatic rings. The molecule has 0 saturated carbocycles. The van der Waals surface area contributed by atoms with Gasteiger partial charge in [-0.15, -0.1) is 0 Å². The average Bonchev–Trinajstić information content (AvgIpc) is 2.52. The molecule has 2 heterocycles. The van der Waals surface area contributed by atoms with Crippen molar-refractivity contribution in [3.63, 3.8) is 0 Å². The first-order valence-corrected chi connectivity index (χ1v) is 7.18. The predicted octanol–water partition coefficient (Wildman–Crippen LogP) is 0.383. The number of rotatable bonds is 3. The SMILES string of the molecule is N[C@@H]1C(=O)N2C(C(=O)OCc3ccccc3)=CC(=O)S[C@@H]12. The van der Waals surface area contributed by atoms with Crippen molar-refractivity contribution in [3.05, 3.63) is 47.7 Å². The molecule has 108 valence electrons. The normalized spacial score (nSPS) is 24.0. The summed E-state index contributed by atoms with van der Waals surface area (Å²) in [6.07, 6.45) is 1.12. The van der Waals surface area contributed by atoms with E-state index in [9.17, 15) is 14.4 Å². The Morgan fingerprint density at radius 3 is 2.71 bits per heavy atom. The van der Waals surface area contributed by atoms with Gasteiger partial charge in [0.15, 0.2) is 0 Å². The number of nitrogens with zero attached hydrogens (tertiary/aromatic N) is 1. The third kappa shape index (κ3) is 2.45. The highest BCUT2D eigenvalue weighted by molar-refractivity contribution is 8.14. The van der Waals surface area contributed by atoms with Gasteiger partial charge in [-0.05, 0) is 5.56 Å². The molecule has 0 aromatic heterocycles. The third-order valence-corrected chi connectivity index (χ3v) is 4.35. The second-order valence-corrected chi connectivity index (χ2v) is 5.77. The minimum Gasteiger partial charge on any atom is -0.456 e. The molecule has 2 atom stereocenters. The zero-order valence-corrected chi connectivity index (χ0v) is 11.7. The van der Waals surface area contributed by atoms with E-state index < -0.39 is 17.4 Å². The molecule has 0 aliphatic carbocycles. The molecule has 0 spiro atoms. The third-order valence-electron chi connectivity index (χ3n) is 3.26. The standard InChI is InChI=1S/C14H12N2O4S/c15-11-12(18)16-9(6-10(17)21-13(11)16)14(19)20-7-8-4-2-1-3-5-8/h1-6,11,13H,7,15H2/t11-,13+/m1/s1. The molecule has 3 rings (SSSR count). The van der Waals surface area contributed by atoms with Crippen LogP contribution in [-0.2, 0) is 25.7 Å². The van der Waals surface area contributed by atoms with Crippen molar-refractivity contribution in [2.45, 2.75) is 18.0 Å². The molecular weight excluding hydrogens is 292 g/mol. The fourth-order valence-electron chi connectivity index (χ4n) is 2.16. The fourth-order valence-corrected chi connectivity index (χ4v) is 3.16. The topological polar surface area (TPSA) is 89.7 Å². The maximum absolute atomic E-state index is 12.1. The number of ether oxygens (including phenoxy) is 1. The number of amides is 1. The minimum atomic E-state index is -0.746. The van der Waals surface area contributed by atoms with Crippen LogP contribution in [0.3, 0.4) is 0 Å². The highest BCUT2D eigenvalue weighted by Crippen LogP contribution is 2.37. The van der Waals surface area contributed by atoms with Crippen LogP contribution in [0.1, 0.15) is 5.56 Å². The van der Waals surface area contributed by atoms with Crippen LogP contribution < -0.4 is 5.73 Å². The van der Waals surface area contributed by atoms with Crippen LogP contribution in [0.25, 0.3) is 0 Å². The first kappa shape index (κ1) is 13.8. The Morgan fingerprint density at radius 1 is 1.29 bits per heavy atom. The van der Waals surface area contributed by atoms with E-state index in [4.69, 9.17) is 10.5 Å². The largest absolute Gasteiger partial charge is 0.456 e. The van der Waals surface area contributed by atoms with Gasteiger partial charge in [0.1, 0.15) is 23.7 Å². The van der Waals surface area contributed by atoms with Crippen molar-refractivity contribution < 1.29 is 19.1 Å². The lowest BCUT2D eigenvalue weighted by Crippen LogP contribution is -2.68. The first-order chi connectivity index (χ1) is 10.1. The molecule has 1 fully saturated rings. The van der Waals surface area contributed by atoms with Crippen molar-refractivity contribution in [2.75, 3.05) is 0 Å². The van der Waals surface area contributed by atoms with Gasteiger partial charge in [0.05, 0.1) is 0 Å². The van der Waals surface area contributed by atoms with Gasteiger partial charge < -0.3 is 10.5 Å². The molecule has 6 nitrogen and oxygen atoms in total. The second kappa shape index (κ2) is 5.34. The van der Waals surface area contributed by atoms with Gasteiger partial charge in [-0.1, -0.05) is 42.1 Å². The van der Waals surface area contributed by atoms with Gasteiger partial charge in [0.2, 0.25) is 11.0 Å². The maximum atomic E-state index is 12.1. The number of carbonyl (C=O) groups excluding carboxylic acids is 3. The lowest BCUT2D eigenvalue weighted by molar-refractivity contribution is -0.151. The zero-order chi connectivity index (χ0) is 15.0. The van der Waals surface area contributed by atoms with Gasteiger partial charge in [-0.3, -0.25) is 14.5 Å². The fraction of sp³-hybridized carbons (Fsp3) is 0.214. The Labute approximate surface area is 124 Å². The Kier molecular flexibility index (Phi) is 3.52. The average molecular weight is 304 g/mol. The summed E-state index contributed by atoms with van der Waals surface area (Å²) < 4.78 is 5.15. The van der Waals surface area contributed by atoms with Crippen molar-refractivity contribution >= 4 is 28.8 Å². The molecule has 2 N–H and O–H groups in total. The Morgan fingerprint density at radius 2 is 2.00 bits per heavy atom. The molecule has 21 heavy (non-hydrogen) atoms. The molecule has 1 aromatic carbocycles. The molecule has 0 bridgehead atoms. The summed E-state index contributed by atoms with van der Waals surface area (Å²) in [5, 5.41) is -0.805. The number of hydrogen-bond acceptors (Lipinski definition) is 6. The molecule has 0 unspecified atom stereocenters. The van der Waals surface area contributed by atoms with Gasteiger partial charge in [-0.25, -0.2) is 4.79 Å². The number of hydrogen-bond donors (Lipinski definition) is 1. The number of thioether (sulfide) groups is 1. The van der Waals surface area contributed by atoms with Crippen molar-refractivity contribution in [3.8, 4) is 0 Å². The number of benzene rings is 1. The van der Waals surface area contributed by atoms with E-state index in [1.807, 2.05) is 30.3 Å². The number of fused-ring (bicyclic) bond motifs is 1. The van der Waals surface area contributed by atoms with Crippen molar-refractivity contribution in [2.24, 2.45) is 5.73 Å².